The average Bonchev–Trinajstić information content (AvgIpc) is 2.66. The number of Topliss-reactive ketones (excluding diaryl/α,β-unsaturated/α-hetero) is 1. The molecule has 6 heteroatoms. The Labute approximate surface area is 174 Å². The largest absolute Gasteiger partial charge is 0.358 e. The van der Waals surface area contributed by atoms with Crippen molar-refractivity contribution in [1.29, 1.82) is 0 Å². The fourth-order valence-electron chi connectivity index (χ4n) is 4.15. The van der Waals surface area contributed by atoms with Gasteiger partial charge in [-0.15, -0.1) is 0 Å². The van der Waals surface area contributed by atoms with Gasteiger partial charge in [0.25, 0.3) is 5.69 Å². The smallest absolute Gasteiger partial charge is 0.269 e. The van der Waals surface area contributed by atoms with Gasteiger partial charge >= 0.3 is 0 Å². The van der Waals surface area contributed by atoms with Crippen LogP contribution in [0.4, 0.5) is 5.69 Å². The van der Waals surface area contributed by atoms with Crippen LogP contribution in [0.25, 0.3) is 5.70 Å². The van der Waals surface area contributed by atoms with Crippen molar-refractivity contribution in [2.24, 2.45) is 5.41 Å². The van der Waals surface area contributed by atoms with Crippen LogP contribution in [0.5, 0.6) is 0 Å². The van der Waals surface area contributed by atoms with E-state index in [1.807, 2.05) is 36.4 Å². The third kappa shape index (κ3) is 3.83. The summed E-state index contributed by atoms with van der Waals surface area (Å²) in [5.41, 5.74) is 4.06. The molecular formula is C23H21ClN2O3. The molecule has 1 unspecified atom stereocenters. The quantitative estimate of drug-likeness (QED) is 0.528. The van der Waals surface area contributed by atoms with Crippen LogP contribution < -0.4 is 5.32 Å². The fraction of sp³-hybridized carbons (Fsp3) is 0.261. The van der Waals surface area contributed by atoms with Gasteiger partial charge in [0, 0.05) is 46.5 Å². The van der Waals surface area contributed by atoms with Crippen LogP contribution in [0.3, 0.4) is 0 Å². The van der Waals surface area contributed by atoms with E-state index in [1.165, 1.54) is 6.07 Å². The fourth-order valence-corrected chi connectivity index (χ4v) is 4.28. The van der Waals surface area contributed by atoms with Crippen molar-refractivity contribution in [3.8, 4) is 0 Å². The van der Waals surface area contributed by atoms with Gasteiger partial charge in [-0.05, 0) is 41.2 Å². The summed E-state index contributed by atoms with van der Waals surface area (Å²) in [6, 6.07) is 14.0. The van der Waals surface area contributed by atoms with E-state index in [2.05, 4.69) is 19.2 Å². The normalized spacial score (nSPS) is 20.6. The number of hydrogen-bond donors (Lipinski definition) is 1. The van der Waals surface area contributed by atoms with Gasteiger partial charge in [-0.2, -0.15) is 0 Å². The summed E-state index contributed by atoms with van der Waals surface area (Å²) in [6.07, 6.45) is 3.19. The summed E-state index contributed by atoms with van der Waals surface area (Å²) in [6.45, 7) is 4.16. The van der Waals surface area contributed by atoms with Crippen LogP contribution in [-0.4, -0.2) is 10.7 Å². The number of halogens is 1. The van der Waals surface area contributed by atoms with Gasteiger partial charge in [-0.3, -0.25) is 14.9 Å². The zero-order valence-electron chi connectivity index (χ0n) is 16.2. The van der Waals surface area contributed by atoms with Gasteiger partial charge in [0.05, 0.1) is 4.92 Å². The van der Waals surface area contributed by atoms with Crippen molar-refractivity contribution in [1.82, 2.24) is 5.32 Å². The second-order valence-electron chi connectivity index (χ2n) is 8.38. The first-order chi connectivity index (χ1) is 13.7. The van der Waals surface area contributed by atoms with Gasteiger partial charge < -0.3 is 5.32 Å². The third-order valence-corrected chi connectivity index (χ3v) is 5.70. The van der Waals surface area contributed by atoms with E-state index >= 15 is 0 Å². The SMILES string of the molecule is CC1(C)CC(=O)C2=C(C1)NC(c1ccc(Cl)cc1)=CC2c1cccc([N+](=O)[O-])c1. The third-order valence-electron chi connectivity index (χ3n) is 5.45. The van der Waals surface area contributed by atoms with Crippen LogP contribution >= 0.6 is 11.6 Å². The van der Waals surface area contributed by atoms with E-state index in [4.69, 9.17) is 11.6 Å². The number of carbonyl (C=O) groups excluding carboxylic acids is 1. The molecule has 2 aliphatic rings. The topological polar surface area (TPSA) is 72.2 Å². The molecule has 1 aliphatic carbocycles. The Morgan fingerprint density at radius 3 is 2.55 bits per heavy atom. The van der Waals surface area contributed by atoms with Crippen molar-refractivity contribution < 1.29 is 9.72 Å². The van der Waals surface area contributed by atoms with Crippen LogP contribution in [0.1, 0.15) is 43.7 Å². The first kappa shape index (κ1) is 19.4. The molecule has 0 fully saturated rings. The molecule has 29 heavy (non-hydrogen) atoms. The Hall–Kier alpha value is -2.92. The molecule has 0 saturated heterocycles. The highest BCUT2D eigenvalue weighted by atomic mass is 35.5. The van der Waals surface area contributed by atoms with E-state index in [-0.39, 0.29) is 22.8 Å². The summed E-state index contributed by atoms with van der Waals surface area (Å²) in [5, 5.41) is 15.4. The lowest BCUT2D eigenvalue weighted by Gasteiger charge is -2.38. The molecule has 4 rings (SSSR count). The van der Waals surface area contributed by atoms with E-state index in [0.717, 1.165) is 28.9 Å². The molecule has 2 aromatic rings. The number of dihydropyridines is 1. The molecule has 0 saturated carbocycles. The summed E-state index contributed by atoms with van der Waals surface area (Å²) in [4.78, 5) is 23.9. The minimum Gasteiger partial charge on any atom is -0.358 e. The molecule has 148 valence electrons. The molecule has 2 aromatic carbocycles. The number of rotatable bonds is 3. The molecular weight excluding hydrogens is 388 g/mol. The molecule has 1 aliphatic heterocycles. The maximum Gasteiger partial charge on any atom is 0.269 e. The van der Waals surface area contributed by atoms with Gasteiger partial charge in [-0.1, -0.05) is 49.7 Å². The maximum atomic E-state index is 13.1. The Bertz CT molecular complexity index is 1070. The second-order valence-corrected chi connectivity index (χ2v) is 8.81. The zero-order valence-corrected chi connectivity index (χ0v) is 17.0. The summed E-state index contributed by atoms with van der Waals surface area (Å²) >= 11 is 6.03. The summed E-state index contributed by atoms with van der Waals surface area (Å²) in [7, 11) is 0. The monoisotopic (exact) mass is 408 g/mol. The van der Waals surface area contributed by atoms with Crippen LogP contribution in [0, 0.1) is 15.5 Å². The Morgan fingerprint density at radius 2 is 1.86 bits per heavy atom. The zero-order chi connectivity index (χ0) is 20.8. The standard InChI is InChI=1S/C23H21ClN2O3/c1-23(2)12-20-22(21(27)13-23)18(15-4-3-5-17(10-15)26(28)29)11-19(25-20)14-6-8-16(24)9-7-14/h3-11,18,25H,12-13H2,1-2H3. The molecule has 1 atom stereocenters. The molecule has 0 aromatic heterocycles. The molecule has 1 heterocycles. The first-order valence-electron chi connectivity index (χ1n) is 9.49. The van der Waals surface area contributed by atoms with Crippen molar-refractivity contribution in [3.05, 3.63) is 92.1 Å². The number of hydrogen-bond acceptors (Lipinski definition) is 4. The summed E-state index contributed by atoms with van der Waals surface area (Å²) < 4.78 is 0. The number of nitro groups is 1. The lowest BCUT2D eigenvalue weighted by atomic mass is 9.70. The number of ketones is 1. The predicted octanol–water partition coefficient (Wildman–Crippen LogP) is 5.62. The van der Waals surface area contributed by atoms with E-state index < -0.39 is 4.92 Å². The predicted molar refractivity (Wildman–Crippen MR) is 113 cm³/mol. The van der Waals surface area contributed by atoms with Crippen LogP contribution in [0.15, 0.2) is 65.9 Å². The lowest BCUT2D eigenvalue weighted by Crippen LogP contribution is -2.35. The molecule has 1 N–H and O–H groups in total. The highest BCUT2D eigenvalue weighted by Gasteiger charge is 2.38. The Kier molecular flexibility index (Phi) is 4.79. The molecule has 5 nitrogen and oxygen atoms in total. The van der Waals surface area contributed by atoms with Crippen LogP contribution in [-0.2, 0) is 4.79 Å². The number of nitrogens with zero attached hydrogens (tertiary/aromatic N) is 1. The average molecular weight is 409 g/mol. The van der Waals surface area contributed by atoms with E-state index in [9.17, 15) is 14.9 Å². The Morgan fingerprint density at radius 1 is 1.14 bits per heavy atom. The van der Waals surface area contributed by atoms with Gasteiger partial charge in [0.1, 0.15) is 0 Å². The van der Waals surface area contributed by atoms with Crippen molar-refractivity contribution >= 4 is 28.8 Å². The van der Waals surface area contributed by atoms with E-state index in [1.54, 1.807) is 12.1 Å². The number of non-ortho nitro benzene ring substituents is 1. The first-order valence-corrected chi connectivity index (χ1v) is 9.87. The minimum absolute atomic E-state index is 0.0215. The van der Waals surface area contributed by atoms with Crippen LogP contribution in [0.2, 0.25) is 5.02 Å². The van der Waals surface area contributed by atoms with Crippen molar-refractivity contribution in [2.45, 2.75) is 32.6 Å². The van der Waals surface area contributed by atoms with Gasteiger partial charge in [0.15, 0.2) is 5.78 Å². The van der Waals surface area contributed by atoms with E-state index in [0.29, 0.717) is 17.0 Å². The molecule has 0 bridgehead atoms. The highest BCUT2D eigenvalue weighted by molar-refractivity contribution is 6.30. The number of carbonyl (C=O) groups is 1. The molecule has 0 radical (unpaired) electrons. The van der Waals surface area contributed by atoms with Gasteiger partial charge in [-0.25, -0.2) is 0 Å². The highest BCUT2D eigenvalue weighted by Crippen LogP contribution is 2.45. The minimum atomic E-state index is -0.407. The molecule has 0 spiro atoms. The number of nitro benzene ring substituents is 1. The number of benzene rings is 2. The summed E-state index contributed by atoms with van der Waals surface area (Å²) in [5.74, 6) is -0.243. The number of nitrogens with one attached hydrogen (secondary N) is 1. The number of allylic oxidation sites excluding steroid dienone is 3. The van der Waals surface area contributed by atoms with Crippen molar-refractivity contribution in [2.75, 3.05) is 0 Å². The Balaban J connectivity index is 1.85. The second kappa shape index (κ2) is 7.16. The van der Waals surface area contributed by atoms with Crippen molar-refractivity contribution in [3.63, 3.8) is 0 Å². The maximum absolute atomic E-state index is 13.1. The molecule has 0 amide bonds. The lowest BCUT2D eigenvalue weighted by molar-refractivity contribution is -0.384. The van der Waals surface area contributed by atoms with Gasteiger partial charge in [0.2, 0.25) is 0 Å².